The quantitative estimate of drug-likeness (QED) is 0.763. The summed E-state index contributed by atoms with van der Waals surface area (Å²) in [6.07, 6.45) is 0.802. The van der Waals surface area contributed by atoms with Crippen molar-refractivity contribution >= 4 is 18.6 Å². The molecular weight excluding hydrogens is 293 g/mol. The van der Waals surface area contributed by atoms with Gasteiger partial charge in [-0.2, -0.15) is 5.10 Å². The fourth-order valence-electron chi connectivity index (χ4n) is 3.02. The van der Waals surface area contributed by atoms with Crippen molar-refractivity contribution in [2.24, 2.45) is 0 Å². The van der Waals surface area contributed by atoms with Crippen molar-refractivity contribution in [1.29, 1.82) is 0 Å². The SMILES string of the molecule is CC(C)N1CCc2cc(B3OC(C)(C)C(C)(C)O3)nn2CC1=O. The van der Waals surface area contributed by atoms with Crippen molar-refractivity contribution in [3.8, 4) is 0 Å². The molecule has 2 aliphatic heterocycles. The summed E-state index contributed by atoms with van der Waals surface area (Å²) >= 11 is 0. The number of fused-ring (bicyclic) bond motifs is 1. The zero-order valence-corrected chi connectivity index (χ0v) is 14.9. The highest BCUT2D eigenvalue weighted by atomic mass is 16.7. The Morgan fingerprint density at radius 1 is 1.22 bits per heavy atom. The van der Waals surface area contributed by atoms with Gasteiger partial charge in [0.05, 0.1) is 16.8 Å². The number of aromatic nitrogens is 2. The molecule has 0 radical (unpaired) electrons. The third-order valence-corrected chi connectivity index (χ3v) is 5.21. The Labute approximate surface area is 138 Å². The molecular formula is C16H26BN3O3. The molecule has 1 fully saturated rings. The van der Waals surface area contributed by atoms with Crippen LogP contribution in [0.2, 0.25) is 0 Å². The molecule has 0 saturated carbocycles. The molecule has 7 heteroatoms. The van der Waals surface area contributed by atoms with Gasteiger partial charge in [0.1, 0.15) is 6.54 Å². The second-order valence-corrected chi connectivity index (χ2v) is 7.74. The van der Waals surface area contributed by atoms with Crippen LogP contribution in [0.1, 0.15) is 47.2 Å². The first-order valence-corrected chi connectivity index (χ1v) is 8.32. The van der Waals surface area contributed by atoms with E-state index in [1.807, 2.05) is 52.5 Å². The molecule has 0 aliphatic carbocycles. The molecule has 3 rings (SSSR count). The molecule has 0 bridgehead atoms. The molecule has 2 aliphatic rings. The van der Waals surface area contributed by atoms with Crippen LogP contribution in [-0.2, 0) is 27.1 Å². The third-order valence-electron chi connectivity index (χ3n) is 5.21. The summed E-state index contributed by atoms with van der Waals surface area (Å²) in [5.41, 5.74) is 1.04. The van der Waals surface area contributed by atoms with E-state index in [2.05, 4.69) is 5.10 Å². The van der Waals surface area contributed by atoms with Gasteiger partial charge in [0.15, 0.2) is 0 Å². The maximum atomic E-state index is 12.4. The van der Waals surface area contributed by atoms with E-state index in [9.17, 15) is 4.79 Å². The summed E-state index contributed by atoms with van der Waals surface area (Å²) in [5, 5.41) is 4.59. The fourth-order valence-corrected chi connectivity index (χ4v) is 3.02. The van der Waals surface area contributed by atoms with Gasteiger partial charge in [-0.1, -0.05) is 0 Å². The van der Waals surface area contributed by atoms with Crippen LogP contribution in [0.3, 0.4) is 0 Å². The Bertz CT molecular complexity index is 608. The van der Waals surface area contributed by atoms with Crippen molar-refractivity contribution in [2.75, 3.05) is 6.54 Å². The van der Waals surface area contributed by atoms with Gasteiger partial charge in [0.25, 0.3) is 0 Å². The molecule has 0 spiro atoms. The monoisotopic (exact) mass is 319 g/mol. The molecule has 1 amide bonds. The van der Waals surface area contributed by atoms with Gasteiger partial charge < -0.3 is 14.2 Å². The molecule has 0 N–H and O–H groups in total. The van der Waals surface area contributed by atoms with Crippen LogP contribution in [0, 0.1) is 0 Å². The van der Waals surface area contributed by atoms with E-state index in [0.717, 1.165) is 24.3 Å². The summed E-state index contributed by atoms with van der Waals surface area (Å²) in [4.78, 5) is 14.3. The summed E-state index contributed by atoms with van der Waals surface area (Å²) in [6.45, 7) is 13.2. The first-order valence-electron chi connectivity index (χ1n) is 8.32. The van der Waals surface area contributed by atoms with E-state index in [1.54, 1.807) is 4.68 Å². The predicted octanol–water partition coefficient (Wildman–Crippen LogP) is 0.975. The molecule has 0 atom stereocenters. The zero-order chi connectivity index (χ0) is 17.0. The van der Waals surface area contributed by atoms with E-state index < -0.39 is 7.12 Å². The smallest absolute Gasteiger partial charge is 0.398 e. The normalized spacial score (nSPS) is 23.3. The second-order valence-electron chi connectivity index (χ2n) is 7.74. The number of hydrogen-bond donors (Lipinski definition) is 0. The Morgan fingerprint density at radius 3 is 2.39 bits per heavy atom. The lowest BCUT2D eigenvalue weighted by Gasteiger charge is -2.32. The summed E-state index contributed by atoms with van der Waals surface area (Å²) < 4.78 is 13.9. The fraction of sp³-hybridized carbons (Fsp3) is 0.750. The summed E-state index contributed by atoms with van der Waals surface area (Å²) in [6, 6.07) is 2.23. The Balaban J connectivity index is 1.82. The van der Waals surface area contributed by atoms with Crippen LogP contribution in [0.4, 0.5) is 0 Å². The number of carbonyl (C=O) groups is 1. The summed E-state index contributed by atoms with van der Waals surface area (Å²) in [7, 11) is -0.476. The number of hydrogen-bond acceptors (Lipinski definition) is 4. The molecule has 3 heterocycles. The molecule has 0 unspecified atom stereocenters. The van der Waals surface area contributed by atoms with Crippen molar-refractivity contribution in [1.82, 2.24) is 14.7 Å². The number of amides is 1. The average molecular weight is 319 g/mol. The van der Waals surface area contributed by atoms with E-state index in [4.69, 9.17) is 9.31 Å². The highest BCUT2D eigenvalue weighted by molar-refractivity contribution is 6.61. The van der Waals surface area contributed by atoms with Gasteiger partial charge in [-0.3, -0.25) is 9.48 Å². The van der Waals surface area contributed by atoms with Gasteiger partial charge in [-0.15, -0.1) is 0 Å². The van der Waals surface area contributed by atoms with Crippen LogP contribution < -0.4 is 5.59 Å². The van der Waals surface area contributed by atoms with Gasteiger partial charge >= 0.3 is 7.12 Å². The van der Waals surface area contributed by atoms with Crippen molar-refractivity contribution in [2.45, 2.75) is 71.8 Å². The van der Waals surface area contributed by atoms with Crippen LogP contribution in [0.25, 0.3) is 0 Å². The topological polar surface area (TPSA) is 56.6 Å². The van der Waals surface area contributed by atoms with Crippen molar-refractivity contribution in [3.05, 3.63) is 11.8 Å². The van der Waals surface area contributed by atoms with Crippen LogP contribution in [0.15, 0.2) is 6.07 Å². The minimum Gasteiger partial charge on any atom is -0.398 e. The first-order chi connectivity index (χ1) is 10.6. The molecule has 23 heavy (non-hydrogen) atoms. The molecule has 0 aromatic carbocycles. The van der Waals surface area contributed by atoms with E-state index in [1.165, 1.54) is 0 Å². The van der Waals surface area contributed by atoms with Gasteiger partial charge in [-0.25, -0.2) is 0 Å². The lowest BCUT2D eigenvalue weighted by molar-refractivity contribution is -0.133. The largest absolute Gasteiger partial charge is 0.516 e. The zero-order valence-electron chi connectivity index (χ0n) is 14.9. The minimum atomic E-state index is -0.476. The maximum Gasteiger partial charge on any atom is 0.516 e. The maximum absolute atomic E-state index is 12.4. The van der Waals surface area contributed by atoms with Crippen molar-refractivity contribution < 1.29 is 14.1 Å². The van der Waals surface area contributed by atoms with E-state index >= 15 is 0 Å². The third kappa shape index (κ3) is 2.80. The van der Waals surface area contributed by atoms with Crippen molar-refractivity contribution in [3.63, 3.8) is 0 Å². The van der Waals surface area contributed by atoms with Crippen LogP contribution in [0.5, 0.6) is 0 Å². The minimum absolute atomic E-state index is 0.113. The Kier molecular flexibility index (Phi) is 3.84. The predicted molar refractivity (Wildman–Crippen MR) is 88.5 cm³/mol. The number of nitrogens with zero attached hydrogens (tertiary/aromatic N) is 3. The molecule has 1 aromatic heterocycles. The van der Waals surface area contributed by atoms with Crippen LogP contribution >= 0.6 is 0 Å². The second kappa shape index (κ2) is 5.35. The average Bonchev–Trinajstić information content (AvgIpc) is 2.83. The lowest BCUT2D eigenvalue weighted by Crippen LogP contribution is -2.41. The Morgan fingerprint density at radius 2 is 1.83 bits per heavy atom. The number of rotatable bonds is 2. The molecule has 6 nitrogen and oxygen atoms in total. The first kappa shape index (κ1) is 16.5. The molecule has 126 valence electrons. The highest BCUT2D eigenvalue weighted by Crippen LogP contribution is 2.36. The molecule has 1 saturated heterocycles. The Hall–Kier alpha value is -1.34. The van der Waals surface area contributed by atoms with Crippen LogP contribution in [-0.4, -0.2) is 51.5 Å². The summed E-state index contributed by atoms with van der Waals surface area (Å²) in [5.74, 6) is 0.113. The molecule has 1 aromatic rings. The number of carbonyl (C=O) groups excluding carboxylic acids is 1. The standard InChI is InChI=1S/C16H26BN3O3/c1-11(2)19-8-7-12-9-13(18-20(12)10-14(19)21)17-22-15(3,4)16(5,6)23-17/h9,11H,7-8,10H2,1-6H3. The van der Waals surface area contributed by atoms with E-state index in [-0.39, 0.29) is 29.7 Å². The lowest BCUT2D eigenvalue weighted by atomic mass is 9.85. The van der Waals surface area contributed by atoms with Gasteiger partial charge in [0.2, 0.25) is 5.91 Å². The highest BCUT2D eigenvalue weighted by Gasteiger charge is 2.52. The van der Waals surface area contributed by atoms with Gasteiger partial charge in [0, 0.05) is 24.7 Å². The van der Waals surface area contributed by atoms with E-state index in [0.29, 0.717) is 0 Å². The van der Waals surface area contributed by atoms with Gasteiger partial charge in [-0.05, 0) is 47.6 Å².